The lowest BCUT2D eigenvalue weighted by Crippen LogP contribution is -2.49. The van der Waals surface area contributed by atoms with E-state index in [2.05, 4.69) is 10.6 Å². The molecule has 2 aliphatic rings. The molecule has 0 unspecified atom stereocenters. The van der Waals surface area contributed by atoms with Gasteiger partial charge in [0.15, 0.2) is 0 Å². The number of hydrogen-bond acceptors (Lipinski definition) is 4. The van der Waals surface area contributed by atoms with Gasteiger partial charge in [-0.3, -0.25) is 9.59 Å². The molecule has 0 spiro atoms. The van der Waals surface area contributed by atoms with Crippen LogP contribution in [0.5, 0.6) is 5.75 Å². The van der Waals surface area contributed by atoms with Gasteiger partial charge in [-0.05, 0) is 54.8 Å². The van der Waals surface area contributed by atoms with Crippen LogP contribution < -0.4 is 20.9 Å². The summed E-state index contributed by atoms with van der Waals surface area (Å²) in [6.07, 6.45) is 0.805. The quantitative estimate of drug-likeness (QED) is 0.598. The predicted molar refractivity (Wildman–Crippen MR) is 129 cm³/mol. The molecule has 0 aliphatic carbocycles. The Bertz CT molecular complexity index is 1340. The number of para-hydroxylation sites is 2. The molecule has 1 aromatic heterocycles. The largest absolute Gasteiger partial charge is 0.495 e. The van der Waals surface area contributed by atoms with Crippen molar-refractivity contribution in [3.63, 3.8) is 0 Å². The molecule has 2 aliphatic heterocycles. The molecule has 9 heteroatoms. The number of ether oxygens (including phenoxy) is 1. The molecule has 1 fully saturated rings. The number of anilines is 2. The molecule has 0 radical (unpaired) electrons. The number of aromatic nitrogens is 1. The van der Waals surface area contributed by atoms with Crippen LogP contribution in [-0.4, -0.2) is 41.6 Å². The molecule has 2 bridgehead atoms. The van der Waals surface area contributed by atoms with Crippen LogP contribution in [0.25, 0.3) is 0 Å². The highest BCUT2D eigenvalue weighted by molar-refractivity contribution is 6.01. The van der Waals surface area contributed by atoms with Gasteiger partial charge in [-0.2, -0.15) is 0 Å². The number of halogens is 1. The van der Waals surface area contributed by atoms with Gasteiger partial charge < -0.3 is 24.8 Å². The van der Waals surface area contributed by atoms with Crippen molar-refractivity contribution in [1.82, 2.24) is 9.47 Å². The Morgan fingerprint density at radius 1 is 0.943 bits per heavy atom. The number of hydrogen-bond donors (Lipinski definition) is 2. The number of amides is 3. The Morgan fingerprint density at radius 2 is 1.69 bits per heavy atom. The summed E-state index contributed by atoms with van der Waals surface area (Å²) in [5, 5.41) is 5.65. The molecule has 8 nitrogen and oxygen atoms in total. The van der Waals surface area contributed by atoms with Crippen LogP contribution in [-0.2, 0) is 6.54 Å². The van der Waals surface area contributed by atoms with Crippen LogP contribution in [0.2, 0.25) is 0 Å². The smallest absolute Gasteiger partial charge is 0.323 e. The van der Waals surface area contributed by atoms with Gasteiger partial charge >= 0.3 is 6.03 Å². The number of rotatable bonds is 4. The number of urea groups is 1. The maximum absolute atomic E-state index is 13.3. The van der Waals surface area contributed by atoms with Gasteiger partial charge in [-0.15, -0.1) is 0 Å². The fraction of sp³-hybridized carbons (Fsp3) is 0.269. The van der Waals surface area contributed by atoms with Crippen LogP contribution in [0.1, 0.15) is 28.4 Å². The Kier molecular flexibility index (Phi) is 5.98. The zero-order valence-electron chi connectivity index (χ0n) is 19.2. The van der Waals surface area contributed by atoms with Crippen LogP contribution in [0, 0.1) is 11.7 Å². The second-order valence-corrected chi connectivity index (χ2v) is 8.88. The molecule has 35 heavy (non-hydrogen) atoms. The first-order valence-electron chi connectivity index (χ1n) is 11.4. The number of carbonyl (C=O) groups is 2. The summed E-state index contributed by atoms with van der Waals surface area (Å²) in [5.41, 5.74) is 2.04. The molecule has 3 aromatic rings. The van der Waals surface area contributed by atoms with Crippen molar-refractivity contribution >= 4 is 23.3 Å². The molecule has 0 saturated carbocycles. The van der Waals surface area contributed by atoms with E-state index in [1.54, 1.807) is 39.8 Å². The van der Waals surface area contributed by atoms with Crippen LogP contribution in [0.15, 0.2) is 65.5 Å². The lowest BCUT2D eigenvalue weighted by atomic mass is 9.82. The second kappa shape index (κ2) is 9.25. The molecule has 180 valence electrons. The highest BCUT2D eigenvalue weighted by Crippen LogP contribution is 2.39. The van der Waals surface area contributed by atoms with Gasteiger partial charge in [-0.25, -0.2) is 9.18 Å². The average Bonchev–Trinajstić information content (AvgIpc) is 2.86. The minimum Gasteiger partial charge on any atom is -0.495 e. The SMILES string of the molecule is COc1ccccc1NC(=O)Nc1ccc(=O)n2c1[C@@H]1C[C@@H](CN(C(=O)c3ccc(F)cc3)C1)C2. The van der Waals surface area contributed by atoms with Crippen molar-refractivity contribution in [2.75, 3.05) is 30.8 Å². The Balaban J connectivity index is 1.40. The maximum Gasteiger partial charge on any atom is 0.323 e. The predicted octanol–water partition coefficient (Wildman–Crippen LogP) is 3.90. The van der Waals surface area contributed by atoms with Crippen LogP contribution in [0.4, 0.5) is 20.6 Å². The first kappa shape index (κ1) is 22.6. The van der Waals surface area contributed by atoms with Gasteiger partial charge in [-0.1, -0.05) is 12.1 Å². The summed E-state index contributed by atoms with van der Waals surface area (Å²) in [6, 6.07) is 15.2. The third-order valence-corrected chi connectivity index (χ3v) is 6.57. The van der Waals surface area contributed by atoms with E-state index in [-0.39, 0.29) is 23.3 Å². The van der Waals surface area contributed by atoms with E-state index < -0.39 is 11.8 Å². The Hall–Kier alpha value is -4.14. The van der Waals surface area contributed by atoms with Crippen molar-refractivity contribution in [2.24, 2.45) is 5.92 Å². The molecule has 2 N–H and O–H groups in total. The number of nitrogens with one attached hydrogen (secondary N) is 2. The zero-order chi connectivity index (χ0) is 24.5. The van der Waals surface area contributed by atoms with E-state index in [4.69, 9.17) is 4.74 Å². The van der Waals surface area contributed by atoms with Gasteiger partial charge in [0.05, 0.1) is 18.5 Å². The average molecular weight is 477 g/mol. The van der Waals surface area contributed by atoms with E-state index in [1.165, 1.54) is 37.4 Å². The van der Waals surface area contributed by atoms with Crippen LogP contribution >= 0.6 is 0 Å². The highest BCUT2D eigenvalue weighted by Gasteiger charge is 2.38. The number of likely N-dealkylation sites (tertiary alicyclic amines) is 1. The number of benzene rings is 2. The van der Waals surface area contributed by atoms with Gasteiger partial charge in [0, 0.05) is 42.9 Å². The minimum absolute atomic E-state index is 0.112. The van der Waals surface area contributed by atoms with Crippen LogP contribution in [0.3, 0.4) is 0 Å². The highest BCUT2D eigenvalue weighted by atomic mass is 19.1. The van der Waals surface area contributed by atoms with Gasteiger partial charge in [0.25, 0.3) is 11.5 Å². The normalized spacial score (nSPS) is 18.4. The standard InChI is InChI=1S/C26H25FN4O4/c1-35-22-5-3-2-4-20(22)28-26(34)29-21-10-11-23(32)31-14-16-12-18(24(21)31)15-30(13-16)25(33)17-6-8-19(27)9-7-17/h2-11,16,18H,12-15H2,1H3,(H2,28,29,34)/t16-,18+/m0/s1. The second-order valence-electron chi connectivity index (χ2n) is 8.88. The number of piperidine rings is 1. The number of pyridine rings is 1. The molecular formula is C26H25FN4O4. The zero-order valence-corrected chi connectivity index (χ0v) is 19.2. The molecular weight excluding hydrogens is 451 g/mol. The lowest BCUT2D eigenvalue weighted by Gasteiger charge is -2.43. The third-order valence-electron chi connectivity index (χ3n) is 6.57. The first-order valence-corrected chi connectivity index (χ1v) is 11.4. The molecule has 3 heterocycles. The number of nitrogens with zero attached hydrogens (tertiary/aromatic N) is 2. The van der Waals surface area contributed by atoms with Gasteiger partial charge in [0.2, 0.25) is 0 Å². The summed E-state index contributed by atoms with van der Waals surface area (Å²) < 4.78 is 20.3. The fourth-order valence-electron chi connectivity index (χ4n) is 5.09. The first-order chi connectivity index (χ1) is 16.9. The lowest BCUT2D eigenvalue weighted by molar-refractivity contribution is 0.0595. The van der Waals surface area contributed by atoms with Gasteiger partial charge in [0.1, 0.15) is 11.6 Å². The summed E-state index contributed by atoms with van der Waals surface area (Å²) in [5.74, 6) is -0.0512. The summed E-state index contributed by atoms with van der Waals surface area (Å²) in [6.45, 7) is 1.38. The topological polar surface area (TPSA) is 92.7 Å². The Morgan fingerprint density at radius 3 is 2.46 bits per heavy atom. The third kappa shape index (κ3) is 4.49. The summed E-state index contributed by atoms with van der Waals surface area (Å²) in [4.78, 5) is 40.3. The number of fused-ring (bicyclic) bond motifs is 4. The molecule has 2 aromatic carbocycles. The van der Waals surface area contributed by atoms with Crippen molar-refractivity contribution in [3.05, 3.63) is 88.1 Å². The summed E-state index contributed by atoms with van der Waals surface area (Å²) >= 11 is 0. The van der Waals surface area contributed by atoms with E-state index in [1.807, 2.05) is 0 Å². The minimum atomic E-state index is -0.465. The molecule has 2 atom stereocenters. The number of methoxy groups -OCH3 is 1. The Labute approximate surface area is 201 Å². The van der Waals surface area contributed by atoms with Crippen molar-refractivity contribution in [2.45, 2.75) is 18.9 Å². The van der Waals surface area contributed by atoms with Crippen molar-refractivity contribution < 1.29 is 18.7 Å². The summed E-state index contributed by atoms with van der Waals surface area (Å²) in [7, 11) is 1.52. The van der Waals surface area contributed by atoms with E-state index in [9.17, 15) is 18.8 Å². The van der Waals surface area contributed by atoms with E-state index in [0.717, 1.165) is 6.42 Å². The van der Waals surface area contributed by atoms with Crippen molar-refractivity contribution in [1.29, 1.82) is 0 Å². The molecule has 3 amide bonds. The monoisotopic (exact) mass is 476 g/mol. The number of carbonyl (C=O) groups excluding carboxylic acids is 2. The molecule has 1 saturated heterocycles. The maximum atomic E-state index is 13.3. The van der Waals surface area contributed by atoms with Crippen molar-refractivity contribution in [3.8, 4) is 5.75 Å². The fourth-order valence-corrected chi connectivity index (χ4v) is 5.09. The van der Waals surface area contributed by atoms with E-state index in [0.29, 0.717) is 48.0 Å². The van der Waals surface area contributed by atoms with E-state index >= 15 is 0 Å². The molecule has 5 rings (SSSR count).